The molecule has 9 nitrogen and oxygen atoms in total. The van der Waals surface area contributed by atoms with Gasteiger partial charge in [0.2, 0.25) is 11.7 Å². The van der Waals surface area contributed by atoms with Gasteiger partial charge in [-0.2, -0.15) is 0 Å². The smallest absolute Gasteiger partial charge is 0.413 e. The number of benzene rings is 1. The van der Waals surface area contributed by atoms with Crippen LogP contribution in [0.15, 0.2) is 12.1 Å². The van der Waals surface area contributed by atoms with E-state index in [9.17, 15) is 9.59 Å². The van der Waals surface area contributed by atoms with Crippen molar-refractivity contribution in [2.75, 3.05) is 54.6 Å². The van der Waals surface area contributed by atoms with Crippen LogP contribution in [0.2, 0.25) is 0 Å². The summed E-state index contributed by atoms with van der Waals surface area (Å²) in [4.78, 5) is 27.6. The minimum absolute atomic E-state index is 0.359. The number of hydrogen-bond acceptors (Lipinski definition) is 8. The Morgan fingerprint density at radius 2 is 1.64 bits per heavy atom. The number of nitrogens with zero attached hydrogens (tertiary/aromatic N) is 2. The molecule has 1 aliphatic heterocycles. The molecule has 2 amide bonds. The summed E-state index contributed by atoms with van der Waals surface area (Å²) in [6.07, 6.45) is -0.740. The van der Waals surface area contributed by atoms with Gasteiger partial charge in [-0.1, -0.05) is 6.07 Å². The first-order valence-corrected chi connectivity index (χ1v) is 9.08. The van der Waals surface area contributed by atoms with E-state index in [0.29, 0.717) is 36.9 Å². The normalized spacial score (nSPS) is 16.2. The topological polar surface area (TPSA) is 89.6 Å². The maximum Gasteiger partial charge on any atom is 0.413 e. The van der Waals surface area contributed by atoms with Crippen LogP contribution in [0.1, 0.15) is 12.5 Å². The molecular formula is C19H29N3O6. The zero-order valence-electron chi connectivity index (χ0n) is 17.1. The number of rotatable bonds is 7. The second kappa shape index (κ2) is 10.1. The van der Waals surface area contributed by atoms with Crippen LogP contribution >= 0.6 is 0 Å². The van der Waals surface area contributed by atoms with E-state index < -0.39 is 12.1 Å². The number of hydrogen-bond donors (Lipinski definition) is 1. The summed E-state index contributed by atoms with van der Waals surface area (Å²) in [5, 5.41) is 2.22. The highest BCUT2D eigenvalue weighted by Crippen LogP contribution is 2.40. The number of nitrogens with one attached hydrogen (secondary N) is 1. The van der Waals surface area contributed by atoms with E-state index in [2.05, 4.69) is 15.0 Å². The summed E-state index contributed by atoms with van der Waals surface area (Å²) >= 11 is 0. The Balaban J connectivity index is 1.97. The first-order valence-electron chi connectivity index (χ1n) is 9.08. The summed E-state index contributed by atoms with van der Waals surface area (Å²) in [6.45, 7) is 5.48. The van der Waals surface area contributed by atoms with Crippen molar-refractivity contribution in [3.8, 4) is 17.2 Å². The summed E-state index contributed by atoms with van der Waals surface area (Å²) in [5.41, 5.74) is 1.00. The molecule has 28 heavy (non-hydrogen) atoms. The maximum atomic E-state index is 12.1. The standard InChI is InChI=1S/C19H29N3O6/c1-13(18(23)20-19(24)28-5)22-10-8-21(9-11-22)12-14-6-7-15(25-2)17(27-4)16(14)26-3/h6-7,13H,8-12H2,1-5H3,(H,20,23,24)/t13-/m0/s1. The lowest BCUT2D eigenvalue weighted by Crippen LogP contribution is -2.54. The Labute approximate surface area is 165 Å². The molecule has 1 N–H and O–H groups in total. The van der Waals surface area contributed by atoms with Gasteiger partial charge in [-0.25, -0.2) is 4.79 Å². The van der Waals surface area contributed by atoms with Crippen LogP contribution in [0, 0.1) is 0 Å². The molecule has 1 aromatic carbocycles. The maximum absolute atomic E-state index is 12.1. The van der Waals surface area contributed by atoms with E-state index >= 15 is 0 Å². The number of carbonyl (C=O) groups is 2. The summed E-state index contributed by atoms with van der Waals surface area (Å²) in [7, 11) is 6.02. The van der Waals surface area contributed by atoms with E-state index in [1.165, 1.54) is 7.11 Å². The molecule has 0 aromatic heterocycles. The average molecular weight is 395 g/mol. The highest BCUT2D eigenvalue weighted by Gasteiger charge is 2.27. The lowest BCUT2D eigenvalue weighted by atomic mass is 10.1. The Bertz CT molecular complexity index is 688. The van der Waals surface area contributed by atoms with Gasteiger partial charge in [0.05, 0.1) is 34.5 Å². The molecule has 0 spiro atoms. The monoisotopic (exact) mass is 395 g/mol. The van der Waals surface area contributed by atoms with E-state index in [1.54, 1.807) is 28.3 Å². The van der Waals surface area contributed by atoms with Gasteiger partial charge in [-0.05, 0) is 13.0 Å². The molecule has 1 aromatic rings. The van der Waals surface area contributed by atoms with Gasteiger partial charge in [-0.3, -0.25) is 19.9 Å². The van der Waals surface area contributed by atoms with Crippen molar-refractivity contribution in [3.63, 3.8) is 0 Å². The van der Waals surface area contributed by atoms with Crippen molar-refractivity contribution >= 4 is 12.0 Å². The van der Waals surface area contributed by atoms with Crippen LogP contribution in [-0.2, 0) is 16.1 Å². The van der Waals surface area contributed by atoms with Gasteiger partial charge in [0.15, 0.2) is 11.5 Å². The van der Waals surface area contributed by atoms with Crippen molar-refractivity contribution in [2.45, 2.75) is 19.5 Å². The number of ether oxygens (including phenoxy) is 4. The van der Waals surface area contributed by atoms with Crippen LogP contribution in [0.3, 0.4) is 0 Å². The summed E-state index contributed by atoms with van der Waals surface area (Å²) in [6, 6.07) is 3.43. The molecule has 0 bridgehead atoms. The third-order valence-electron chi connectivity index (χ3n) is 4.92. The van der Waals surface area contributed by atoms with Gasteiger partial charge < -0.3 is 18.9 Å². The summed E-state index contributed by atoms with van der Waals surface area (Å²) < 4.78 is 20.8. The molecule has 1 heterocycles. The van der Waals surface area contributed by atoms with Gasteiger partial charge in [0.25, 0.3) is 0 Å². The second-order valence-corrected chi connectivity index (χ2v) is 6.46. The molecular weight excluding hydrogens is 366 g/mol. The average Bonchev–Trinajstić information content (AvgIpc) is 2.72. The van der Waals surface area contributed by atoms with Crippen LogP contribution in [0.4, 0.5) is 4.79 Å². The van der Waals surface area contributed by atoms with Crippen molar-refractivity contribution < 1.29 is 28.5 Å². The second-order valence-electron chi connectivity index (χ2n) is 6.46. The fraction of sp³-hybridized carbons (Fsp3) is 0.579. The van der Waals surface area contributed by atoms with Crippen LogP contribution in [0.5, 0.6) is 17.2 Å². The minimum Gasteiger partial charge on any atom is -0.493 e. The fourth-order valence-electron chi connectivity index (χ4n) is 3.26. The van der Waals surface area contributed by atoms with Gasteiger partial charge in [-0.15, -0.1) is 0 Å². The molecule has 156 valence electrons. The molecule has 1 atom stereocenters. The molecule has 9 heteroatoms. The molecule has 0 saturated carbocycles. The van der Waals surface area contributed by atoms with Crippen molar-refractivity contribution in [1.82, 2.24) is 15.1 Å². The molecule has 0 radical (unpaired) electrons. The predicted octanol–water partition coefficient (Wildman–Crippen LogP) is 1.10. The molecule has 1 fully saturated rings. The Morgan fingerprint density at radius 3 is 2.18 bits per heavy atom. The van der Waals surface area contributed by atoms with Crippen LogP contribution in [0.25, 0.3) is 0 Å². The summed E-state index contributed by atoms with van der Waals surface area (Å²) in [5.74, 6) is 1.50. The first-order chi connectivity index (χ1) is 13.4. The first kappa shape index (κ1) is 21.8. The zero-order chi connectivity index (χ0) is 20.7. The van der Waals surface area contributed by atoms with Crippen molar-refractivity contribution in [1.29, 1.82) is 0 Å². The van der Waals surface area contributed by atoms with E-state index in [1.807, 2.05) is 17.0 Å². The molecule has 1 saturated heterocycles. The fourth-order valence-corrected chi connectivity index (χ4v) is 3.26. The molecule has 2 rings (SSSR count). The van der Waals surface area contributed by atoms with Gasteiger partial charge in [0.1, 0.15) is 0 Å². The number of imide groups is 1. The quantitative estimate of drug-likeness (QED) is 0.734. The molecule has 0 aliphatic carbocycles. The molecule has 1 aliphatic rings. The Kier molecular flexibility index (Phi) is 7.89. The Hall–Kier alpha value is -2.52. The van der Waals surface area contributed by atoms with E-state index in [-0.39, 0.29) is 5.91 Å². The zero-order valence-corrected chi connectivity index (χ0v) is 17.1. The predicted molar refractivity (Wildman–Crippen MR) is 103 cm³/mol. The third-order valence-corrected chi connectivity index (χ3v) is 4.92. The molecule has 0 unspecified atom stereocenters. The van der Waals surface area contributed by atoms with E-state index in [0.717, 1.165) is 18.7 Å². The number of amides is 2. The highest BCUT2D eigenvalue weighted by atomic mass is 16.5. The number of methoxy groups -OCH3 is 4. The van der Waals surface area contributed by atoms with Crippen LogP contribution < -0.4 is 19.5 Å². The van der Waals surface area contributed by atoms with Crippen molar-refractivity contribution in [3.05, 3.63) is 17.7 Å². The van der Waals surface area contributed by atoms with Gasteiger partial charge in [0, 0.05) is 38.3 Å². The van der Waals surface area contributed by atoms with Gasteiger partial charge >= 0.3 is 6.09 Å². The number of alkyl carbamates (subject to hydrolysis) is 1. The number of piperazine rings is 1. The van der Waals surface area contributed by atoms with E-state index in [4.69, 9.17) is 14.2 Å². The van der Waals surface area contributed by atoms with Crippen LogP contribution in [-0.4, -0.2) is 82.5 Å². The number of carbonyl (C=O) groups excluding carboxylic acids is 2. The SMILES string of the molecule is COC(=O)NC(=O)[C@H](C)N1CCN(Cc2ccc(OC)c(OC)c2OC)CC1. The largest absolute Gasteiger partial charge is 0.493 e. The minimum atomic E-state index is -0.740. The lowest BCUT2D eigenvalue weighted by Gasteiger charge is -2.37. The van der Waals surface area contributed by atoms with Crippen molar-refractivity contribution in [2.24, 2.45) is 0 Å². The third kappa shape index (κ3) is 5.05. The highest BCUT2D eigenvalue weighted by molar-refractivity contribution is 5.94. The lowest BCUT2D eigenvalue weighted by molar-refractivity contribution is -0.125. The Morgan fingerprint density at radius 1 is 1.00 bits per heavy atom.